The summed E-state index contributed by atoms with van der Waals surface area (Å²) in [6, 6.07) is 7.95. The molecule has 1 atom stereocenters. The summed E-state index contributed by atoms with van der Waals surface area (Å²) in [7, 11) is 1.65. The molecule has 2 heterocycles. The van der Waals surface area contributed by atoms with E-state index in [-0.39, 0.29) is 12.0 Å². The lowest BCUT2D eigenvalue weighted by atomic mass is 10.1. The molecule has 1 fully saturated rings. The number of ether oxygens (including phenoxy) is 2. The largest absolute Gasteiger partial charge is 0.497 e. The van der Waals surface area contributed by atoms with E-state index in [2.05, 4.69) is 9.59 Å². The Morgan fingerprint density at radius 1 is 1.42 bits per heavy atom. The van der Waals surface area contributed by atoms with Crippen LogP contribution < -0.4 is 4.74 Å². The van der Waals surface area contributed by atoms with E-state index in [1.165, 1.54) is 17.1 Å². The number of carbonyl (C=O) groups excluding carboxylic acids is 1. The quantitative estimate of drug-likeness (QED) is 0.830. The molecule has 6 nitrogen and oxygen atoms in total. The zero-order valence-electron chi connectivity index (χ0n) is 13.9. The summed E-state index contributed by atoms with van der Waals surface area (Å²) in [5, 5.41) is 4.03. The predicted octanol–water partition coefficient (Wildman–Crippen LogP) is 2.19. The number of hydrogen-bond acceptors (Lipinski definition) is 6. The van der Waals surface area contributed by atoms with Crippen molar-refractivity contribution in [3.05, 3.63) is 40.4 Å². The van der Waals surface area contributed by atoms with Crippen molar-refractivity contribution >= 4 is 17.4 Å². The number of hydrogen-bond donors (Lipinski definition) is 0. The first-order valence-electron chi connectivity index (χ1n) is 8.06. The molecule has 0 aliphatic carbocycles. The smallest absolute Gasteiger partial charge is 0.267 e. The van der Waals surface area contributed by atoms with Gasteiger partial charge in [0.05, 0.1) is 25.5 Å². The van der Waals surface area contributed by atoms with Crippen LogP contribution in [0.5, 0.6) is 5.75 Å². The summed E-state index contributed by atoms with van der Waals surface area (Å²) in [5.41, 5.74) is 1.95. The highest BCUT2D eigenvalue weighted by molar-refractivity contribution is 7.08. The van der Waals surface area contributed by atoms with Crippen LogP contribution >= 0.6 is 11.5 Å². The van der Waals surface area contributed by atoms with E-state index in [9.17, 15) is 4.79 Å². The van der Waals surface area contributed by atoms with Crippen molar-refractivity contribution in [2.45, 2.75) is 25.9 Å². The van der Waals surface area contributed by atoms with Crippen molar-refractivity contribution in [2.24, 2.45) is 0 Å². The van der Waals surface area contributed by atoms with E-state index >= 15 is 0 Å². The van der Waals surface area contributed by atoms with Crippen LogP contribution in [0.4, 0.5) is 0 Å². The molecule has 1 aromatic heterocycles. The van der Waals surface area contributed by atoms with E-state index in [1.807, 2.05) is 36.1 Å². The average molecular weight is 347 g/mol. The van der Waals surface area contributed by atoms with Gasteiger partial charge >= 0.3 is 0 Å². The number of aromatic nitrogens is 2. The van der Waals surface area contributed by atoms with Gasteiger partial charge in [0, 0.05) is 19.5 Å². The lowest BCUT2D eigenvalue weighted by Gasteiger charge is -2.32. The van der Waals surface area contributed by atoms with Crippen molar-refractivity contribution in [2.75, 3.05) is 26.8 Å². The first kappa shape index (κ1) is 16.9. The second-order valence-corrected chi connectivity index (χ2v) is 6.45. The molecule has 1 aromatic carbocycles. The molecule has 1 aliphatic heterocycles. The van der Waals surface area contributed by atoms with Gasteiger partial charge in [-0.1, -0.05) is 23.5 Å². The summed E-state index contributed by atoms with van der Waals surface area (Å²) < 4.78 is 14.9. The van der Waals surface area contributed by atoms with Gasteiger partial charge in [0.25, 0.3) is 5.91 Å². The molecule has 0 unspecified atom stereocenters. The fraction of sp³-hybridized carbons (Fsp3) is 0.471. The number of amides is 1. The fourth-order valence-electron chi connectivity index (χ4n) is 2.80. The Labute approximate surface area is 145 Å². The maximum atomic E-state index is 12.7. The predicted molar refractivity (Wildman–Crippen MR) is 91.6 cm³/mol. The molecular weight excluding hydrogens is 326 g/mol. The Hall–Kier alpha value is -1.99. The molecule has 7 heteroatoms. The van der Waals surface area contributed by atoms with E-state index in [0.29, 0.717) is 24.6 Å². The third kappa shape index (κ3) is 3.73. The van der Waals surface area contributed by atoms with Crippen LogP contribution in [-0.2, 0) is 17.6 Å². The van der Waals surface area contributed by atoms with Gasteiger partial charge in [-0.25, -0.2) is 0 Å². The number of carbonyl (C=O) groups is 1. The van der Waals surface area contributed by atoms with Crippen molar-refractivity contribution in [3.63, 3.8) is 0 Å². The number of methoxy groups -OCH3 is 1. The Morgan fingerprint density at radius 2 is 2.21 bits per heavy atom. The van der Waals surface area contributed by atoms with Gasteiger partial charge in [0.15, 0.2) is 0 Å². The van der Waals surface area contributed by atoms with Gasteiger partial charge in [0.1, 0.15) is 10.6 Å². The van der Waals surface area contributed by atoms with E-state index in [1.54, 1.807) is 7.11 Å². The molecule has 0 bridgehead atoms. The summed E-state index contributed by atoms with van der Waals surface area (Å²) in [6.45, 7) is 3.74. The zero-order chi connectivity index (χ0) is 16.9. The van der Waals surface area contributed by atoms with Crippen LogP contribution in [0.25, 0.3) is 0 Å². The van der Waals surface area contributed by atoms with Crippen molar-refractivity contribution in [1.82, 2.24) is 14.5 Å². The van der Waals surface area contributed by atoms with Crippen molar-refractivity contribution < 1.29 is 14.3 Å². The van der Waals surface area contributed by atoms with Gasteiger partial charge in [-0.3, -0.25) is 4.79 Å². The molecule has 3 rings (SSSR count). The topological polar surface area (TPSA) is 64.6 Å². The highest BCUT2D eigenvalue weighted by atomic mass is 32.1. The first-order chi connectivity index (χ1) is 11.7. The summed E-state index contributed by atoms with van der Waals surface area (Å²) in [5.74, 6) is 0.856. The van der Waals surface area contributed by atoms with E-state index in [4.69, 9.17) is 9.47 Å². The van der Waals surface area contributed by atoms with Crippen molar-refractivity contribution in [1.29, 1.82) is 0 Å². The maximum Gasteiger partial charge on any atom is 0.267 e. The van der Waals surface area contributed by atoms with Crippen LogP contribution in [0.3, 0.4) is 0 Å². The van der Waals surface area contributed by atoms with Gasteiger partial charge < -0.3 is 14.4 Å². The highest BCUT2D eigenvalue weighted by Crippen LogP contribution is 2.19. The second-order valence-electron chi connectivity index (χ2n) is 5.70. The summed E-state index contributed by atoms with van der Waals surface area (Å²) in [6.07, 6.45) is 1.49. The van der Waals surface area contributed by atoms with Gasteiger partial charge in [-0.15, -0.1) is 5.10 Å². The van der Waals surface area contributed by atoms with E-state index < -0.39 is 0 Å². The second kappa shape index (κ2) is 7.72. The number of nitrogens with zero attached hydrogens (tertiary/aromatic N) is 3. The van der Waals surface area contributed by atoms with Gasteiger partial charge in [-0.05, 0) is 35.6 Å². The molecule has 1 amide bonds. The fourth-order valence-corrected chi connectivity index (χ4v) is 3.52. The molecule has 24 heavy (non-hydrogen) atoms. The van der Waals surface area contributed by atoms with Gasteiger partial charge in [0.2, 0.25) is 0 Å². The monoisotopic (exact) mass is 347 g/mol. The number of aryl methyl sites for hydroxylation is 1. The molecule has 128 valence electrons. The molecule has 2 aromatic rings. The molecule has 0 N–H and O–H groups in total. The van der Waals surface area contributed by atoms with Gasteiger partial charge in [-0.2, -0.15) is 0 Å². The lowest BCUT2D eigenvalue weighted by Crippen LogP contribution is -2.46. The molecule has 0 radical (unpaired) electrons. The third-order valence-corrected chi connectivity index (χ3v) is 4.89. The highest BCUT2D eigenvalue weighted by Gasteiger charge is 2.28. The van der Waals surface area contributed by atoms with Crippen LogP contribution in [0.2, 0.25) is 0 Å². The Bertz CT molecular complexity index is 687. The molecule has 0 saturated carbocycles. The summed E-state index contributed by atoms with van der Waals surface area (Å²) >= 11 is 1.18. The molecule has 1 aliphatic rings. The molecular formula is C17H21N3O3S. The van der Waals surface area contributed by atoms with Crippen LogP contribution in [0, 0.1) is 0 Å². The maximum absolute atomic E-state index is 12.7. The minimum atomic E-state index is 0.00190. The number of benzene rings is 1. The van der Waals surface area contributed by atoms with E-state index in [0.717, 1.165) is 24.3 Å². The SMILES string of the molecule is CCc1nnsc1C(=O)N1CCO[C@H](Cc2ccc(OC)cc2)C1. The Balaban J connectivity index is 1.64. The number of morpholine rings is 1. The Kier molecular flexibility index (Phi) is 5.42. The van der Waals surface area contributed by atoms with Crippen LogP contribution in [0.15, 0.2) is 24.3 Å². The summed E-state index contributed by atoms with van der Waals surface area (Å²) in [4.78, 5) is 15.2. The average Bonchev–Trinajstić information content (AvgIpc) is 3.10. The molecule has 1 saturated heterocycles. The lowest BCUT2D eigenvalue weighted by molar-refractivity contribution is -0.0207. The standard InChI is InChI=1S/C17H21N3O3S/c1-3-15-16(24-19-18-15)17(21)20-8-9-23-14(11-20)10-12-4-6-13(22-2)7-5-12/h4-7,14H,3,8-11H2,1-2H3/t14-/m1/s1. The van der Waals surface area contributed by atoms with Crippen LogP contribution in [0.1, 0.15) is 27.9 Å². The normalized spacial score (nSPS) is 17.8. The third-order valence-electron chi connectivity index (χ3n) is 4.13. The Morgan fingerprint density at radius 3 is 2.92 bits per heavy atom. The number of rotatable bonds is 5. The van der Waals surface area contributed by atoms with Crippen LogP contribution in [-0.4, -0.2) is 53.3 Å². The minimum Gasteiger partial charge on any atom is -0.497 e. The minimum absolute atomic E-state index is 0.00190. The molecule has 0 spiro atoms. The zero-order valence-corrected chi connectivity index (χ0v) is 14.7. The first-order valence-corrected chi connectivity index (χ1v) is 8.83. The van der Waals surface area contributed by atoms with Crippen molar-refractivity contribution in [3.8, 4) is 5.75 Å².